The van der Waals surface area contributed by atoms with Crippen molar-refractivity contribution in [3.8, 4) is 0 Å². The highest BCUT2D eigenvalue weighted by Crippen LogP contribution is 2.69. The van der Waals surface area contributed by atoms with Gasteiger partial charge in [0, 0.05) is 0 Å². The maximum Gasteiger partial charge on any atom is 0.306 e. The van der Waals surface area contributed by atoms with Crippen LogP contribution in [0, 0.1) is 58.2 Å². The van der Waals surface area contributed by atoms with Crippen LogP contribution >= 0.6 is 0 Å². The topological polar surface area (TPSA) is 77.8 Å². The average molecular weight is 405 g/mol. The van der Waals surface area contributed by atoms with Crippen LogP contribution in [0.2, 0.25) is 0 Å². The van der Waals surface area contributed by atoms with Crippen molar-refractivity contribution in [2.24, 2.45) is 58.2 Å². The van der Waals surface area contributed by atoms with Gasteiger partial charge in [-0.2, -0.15) is 0 Å². The molecule has 0 aromatic heterocycles. The van der Waals surface area contributed by atoms with Crippen molar-refractivity contribution in [1.82, 2.24) is 0 Å². The molecule has 0 amide bonds. The lowest BCUT2D eigenvalue weighted by atomic mass is 9.43. The first-order valence-corrected chi connectivity index (χ1v) is 12.3. The van der Waals surface area contributed by atoms with Crippen LogP contribution in [0.1, 0.15) is 78.6 Å². The van der Waals surface area contributed by atoms with Crippen LogP contribution in [0.4, 0.5) is 0 Å². The van der Waals surface area contributed by atoms with E-state index in [9.17, 15) is 20.1 Å². The Kier molecular flexibility index (Phi) is 4.68. The number of carboxylic acids is 1. The van der Waals surface area contributed by atoms with Crippen molar-refractivity contribution in [3.05, 3.63) is 0 Å². The number of hydrogen-bond acceptors (Lipinski definition) is 3. The van der Waals surface area contributed by atoms with Gasteiger partial charge in [0.05, 0.1) is 18.1 Å². The quantitative estimate of drug-likeness (QED) is 0.654. The Morgan fingerprint density at radius 2 is 1.62 bits per heavy atom. The Morgan fingerprint density at radius 1 is 0.931 bits per heavy atom. The molecule has 0 aliphatic heterocycles. The number of fused-ring (bicyclic) bond motifs is 5. The molecule has 4 nitrogen and oxygen atoms in total. The molecule has 5 saturated carbocycles. The van der Waals surface area contributed by atoms with Crippen molar-refractivity contribution in [3.63, 3.8) is 0 Å². The summed E-state index contributed by atoms with van der Waals surface area (Å²) in [5, 5.41) is 30.9. The fourth-order valence-electron chi connectivity index (χ4n) is 9.48. The lowest BCUT2D eigenvalue weighted by Gasteiger charge is -2.62. The van der Waals surface area contributed by atoms with E-state index in [1.165, 1.54) is 25.7 Å². The fraction of sp³-hybridized carbons (Fsp3) is 0.960. The van der Waals surface area contributed by atoms with Crippen LogP contribution in [0.15, 0.2) is 0 Å². The molecule has 0 aromatic carbocycles. The first kappa shape index (κ1) is 20.3. The molecule has 164 valence electrons. The van der Waals surface area contributed by atoms with E-state index in [-0.39, 0.29) is 29.0 Å². The number of aliphatic hydroxyl groups excluding tert-OH is 2. The Bertz CT molecular complexity index is 678. The molecule has 5 aliphatic rings. The average Bonchev–Trinajstić information content (AvgIpc) is 3.39. The standard InChI is InChI=1S/C25H40O4/c1-13(16-12-17(16)23(28)29)18-4-5-19-22-20(7-9-25(18,19)3)24(2)8-6-15(26)10-14(24)11-21(22)27/h13-22,26-27H,4-12H2,1-3H3,(H,28,29)/t13-,14+,15-,16-,17-,18-,19?,20?,21-,22?,24+,25-/m1/s1. The molecule has 0 bridgehead atoms. The summed E-state index contributed by atoms with van der Waals surface area (Å²) in [5.41, 5.74) is 0.531. The summed E-state index contributed by atoms with van der Waals surface area (Å²) in [5.74, 6) is 2.76. The van der Waals surface area contributed by atoms with Crippen molar-refractivity contribution < 1.29 is 20.1 Å². The maximum atomic E-state index is 11.4. The molecule has 3 unspecified atom stereocenters. The molecule has 5 rings (SSSR count). The summed E-state index contributed by atoms with van der Waals surface area (Å²) in [6.07, 6.45) is 9.08. The third-order valence-electron chi connectivity index (χ3n) is 11.2. The monoisotopic (exact) mass is 404 g/mol. The first-order valence-electron chi connectivity index (χ1n) is 12.3. The number of carbonyl (C=O) groups is 1. The molecule has 12 atom stereocenters. The van der Waals surface area contributed by atoms with Gasteiger partial charge in [-0.25, -0.2) is 0 Å². The fourth-order valence-corrected chi connectivity index (χ4v) is 9.48. The van der Waals surface area contributed by atoms with Gasteiger partial charge in [0.25, 0.3) is 0 Å². The zero-order valence-electron chi connectivity index (χ0n) is 18.4. The maximum absolute atomic E-state index is 11.4. The van der Waals surface area contributed by atoms with Gasteiger partial charge in [-0.15, -0.1) is 0 Å². The van der Waals surface area contributed by atoms with Crippen LogP contribution in [0.3, 0.4) is 0 Å². The minimum atomic E-state index is -0.605. The SMILES string of the molecule is C[C@H]([C@H]1C[C@H]1C(=O)O)[C@H]1CCC2C3C(CC[C@@]21C)[C@@]1(C)CC[C@@H](O)C[C@H]1C[C@H]3O. The van der Waals surface area contributed by atoms with E-state index < -0.39 is 5.97 Å². The van der Waals surface area contributed by atoms with E-state index in [2.05, 4.69) is 20.8 Å². The largest absolute Gasteiger partial charge is 0.481 e. The smallest absolute Gasteiger partial charge is 0.306 e. The lowest BCUT2D eigenvalue weighted by Crippen LogP contribution is -2.58. The predicted molar refractivity (Wildman–Crippen MR) is 111 cm³/mol. The minimum absolute atomic E-state index is 0.113. The number of rotatable bonds is 3. The number of aliphatic carboxylic acids is 1. The molecule has 5 aliphatic carbocycles. The van der Waals surface area contributed by atoms with E-state index in [0.29, 0.717) is 41.4 Å². The second-order valence-corrected chi connectivity index (χ2v) is 12.2. The van der Waals surface area contributed by atoms with Gasteiger partial charge in [0.15, 0.2) is 0 Å². The third kappa shape index (κ3) is 2.87. The Balaban J connectivity index is 1.39. The van der Waals surface area contributed by atoms with Crippen LogP contribution in [0.25, 0.3) is 0 Å². The molecule has 0 radical (unpaired) electrons. The predicted octanol–water partition coefficient (Wildman–Crippen LogP) is 4.33. The van der Waals surface area contributed by atoms with E-state index >= 15 is 0 Å². The summed E-state index contributed by atoms with van der Waals surface area (Å²) in [6, 6.07) is 0. The highest BCUT2D eigenvalue weighted by Gasteiger charge is 2.64. The Morgan fingerprint density at radius 3 is 2.31 bits per heavy atom. The van der Waals surface area contributed by atoms with Crippen molar-refractivity contribution in [1.29, 1.82) is 0 Å². The highest BCUT2D eigenvalue weighted by atomic mass is 16.4. The normalized spacial score (nSPS) is 57.3. The van der Waals surface area contributed by atoms with Crippen molar-refractivity contribution in [2.75, 3.05) is 0 Å². The molecule has 5 fully saturated rings. The second kappa shape index (κ2) is 6.69. The van der Waals surface area contributed by atoms with Gasteiger partial charge in [0.2, 0.25) is 0 Å². The Labute approximate surface area is 175 Å². The van der Waals surface area contributed by atoms with Gasteiger partial charge in [0.1, 0.15) is 0 Å². The highest BCUT2D eigenvalue weighted by molar-refractivity contribution is 5.73. The van der Waals surface area contributed by atoms with Gasteiger partial charge in [-0.05, 0) is 110 Å². The summed E-state index contributed by atoms with van der Waals surface area (Å²) >= 11 is 0. The van der Waals surface area contributed by atoms with Crippen LogP contribution < -0.4 is 0 Å². The molecular weight excluding hydrogens is 364 g/mol. The van der Waals surface area contributed by atoms with Crippen LogP contribution in [-0.2, 0) is 4.79 Å². The lowest BCUT2D eigenvalue weighted by molar-refractivity contribution is -0.174. The Hall–Kier alpha value is -0.610. The van der Waals surface area contributed by atoms with Crippen LogP contribution in [-0.4, -0.2) is 33.5 Å². The summed E-state index contributed by atoms with van der Waals surface area (Å²) in [4.78, 5) is 11.4. The molecule has 0 heterocycles. The number of carboxylic acid groups (broad SMARTS) is 1. The van der Waals surface area contributed by atoms with Gasteiger partial charge in [-0.3, -0.25) is 4.79 Å². The minimum Gasteiger partial charge on any atom is -0.481 e. The molecular formula is C25H40O4. The van der Waals surface area contributed by atoms with E-state index in [0.717, 1.165) is 32.1 Å². The second-order valence-electron chi connectivity index (χ2n) is 12.2. The molecule has 0 saturated heterocycles. The first-order chi connectivity index (χ1) is 13.7. The van der Waals surface area contributed by atoms with Crippen molar-refractivity contribution >= 4 is 5.97 Å². The summed E-state index contributed by atoms with van der Waals surface area (Å²) in [6.45, 7) is 7.26. The van der Waals surface area contributed by atoms with Gasteiger partial charge < -0.3 is 15.3 Å². The zero-order valence-corrected chi connectivity index (χ0v) is 18.4. The summed E-state index contributed by atoms with van der Waals surface area (Å²) < 4.78 is 0. The molecule has 29 heavy (non-hydrogen) atoms. The summed E-state index contributed by atoms with van der Waals surface area (Å²) in [7, 11) is 0. The molecule has 0 aromatic rings. The number of aliphatic hydroxyl groups is 2. The van der Waals surface area contributed by atoms with Gasteiger partial charge >= 0.3 is 5.97 Å². The number of hydrogen-bond donors (Lipinski definition) is 3. The van der Waals surface area contributed by atoms with E-state index in [1.807, 2.05) is 0 Å². The van der Waals surface area contributed by atoms with E-state index in [4.69, 9.17) is 0 Å². The van der Waals surface area contributed by atoms with Crippen molar-refractivity contribution in [2.45, 2.75) is 90.8 Å². The third-order valence-corrected chi connectivity index (χ3v) is 11.2. The molecule has 0 spiro atoms. The zero-order chi connectivity index (χ0) is 20.7. The van der Waals surface area contributed by atoms with Crippen LogP contribution in [0.5, 0.6) is 0 Å². The van der Waals surface area contributed by atoms with E-state index in [1.54, 1.807) is 0 Å². The molecule has 4 heteroatoms. The molecule has 3 N–H and O–H groups in total. The van der Waals surface area contributed by atoms with Gasteiger partial charge in [-0.1, -0.05) is 20.8 Å².